The second-order valence-corrected chi connectivity index (χ2v) is 20.1. The van der Waals surface area contributed by atoms with Crippen LogP contribution in [-0.2, 0) is 22.7 Å². The summed E-state index contributed by atoms with van der Waals surface area (Å²) in [6.45, 7) is 17.2. The van der Waals surface area contributed by atoms with Crippen molar-refractivity contribution in [2.45, 2.75) is 115 Å². The van der Waals surface area contributed by atoms with Gasteiger partial charge in [0.2, 0.25) is 0 Å². The van der Waals surface area contributed by atoms with Crippen LogP contribution in [0, 0.1) is 17.8 Å². The molecular weight excluding hydrogens is 711 g/mol. The summed E-state index contributed by atoms with van der Waals surface area (Å²) < 4.78 is 0. The maximum absolute atomic E-state index is 5.80. The minimum absolute atomic E-state index is 0.129. The van der Waals surface area contributed by atoms with E-state index < -0.39 is 0 Å². The molecule has 1 heteroatoms. The first kappa shape index (κ1) is 38.2. The molecule has 0 N–H and O–H groups in total. The highest BCUT2D eigenvalue weighted by atomic mass is 14.9. The van der Waals surface area contributed by atoms with Crippen molar-refractivity contribution < 1.29 is 0 Å². The Hall–Kier alpha value is -5.01. The monoisotopic (exact) mass is 771 g/mol. The van der Waals surface area contributed by atoms with Gasteiger partial charge in [0.25, 0.3) is 0 Å². The number of fused-ring (bicyclic) bond motifs is 5. The third-order valence-corrected chi connectivity index (χ3v) is 16.0. The van der Waals surface area contributed by atoms with E-state index in [0.29, 0.717) is 29.6 Å². The third-order valence-electron chi connectivity index (χ3n) is 16.0. The first-order valence-corrected chi connectivity index (χ1v) is 22.7. The van der Waals surface area contributed by atoms with E-state index in [0.717, 1.165) is 19.3 Å². The van der Waals surface area contributed by atoms with Crippen LogP contribution in [0.3, 0.4) is 0 Å². The predicted molar refractivity (Wildman–Crippen MR) is 249 cm³/mol. The molecule has 1 fully saturated rings. The lowest BCUT2D eigenvalue weighted by Crippen LogP contribution is -2.34. The van der Waals surface area contributed by atoms with Gasteiger partial charge in [-0.15, -0.1) is 0 Å². The van der Waals surface area contributed by atoms with Crippen molar-refractivity contribution in [1.82, 2.24) is 0 Å². The lowest BCUT2D eigenvalue weighted by molar-refractivity contribution is 0.331. The van der Waals surface area contributed by atoms with Crippen LogP contribution in [0.4, 0.5) is 0 Å². The number of aliphatic imine (C=N–C) groups is 1. The molecule has 0 spiro atoms. The van der Waals surface area contributed by atoms with Gasteiger partial charge in [-0.25, -0.2) is 0 Å². The Morgan fingerprint density at radius 1 is 0.593 bits per heavy atom. The molecule has 1 aliphatic heterocycles. The molecule has 0 bridgehead atoms. The summed E-state index contributed by atoms with van der Waals surface area (Å²) in [7, 11) is 0. The Kier molecular flexibility index (Phi) is 9.28. The highest BCUT2D eigenvalue weighted by molar-refractivity contribution is 6.06. The van der Waals surface area contributed by atoms with Gasteiger partial charge < -0.3 is 0 Å². The number of nitrogens with zero attached hydrogens (tertiary/aromatic N) is 1. The average molecular weight is 772 g/mol. The first-order valence-electron chi connectivity index (χ1n) is 22.7. The topological polar surface area (TPSA) is 12.4 Å². The van der Waals surface area contributed by atoms with E-state index in [-0.39, 0.29) is 22.3 Å². The number of hydrogen-bond donors (Lipinski definition) is 0. The van der Waals surface area contributed by atoms with Crippen molar-refractivity contribution in [2.24, 2.45) is 22.7 Å². The molecule has 298 valence electrons. The molecule has 6 aromatic rings. The van der Waals surface area contributed by atoms with Gasteiger partial charge in [0.15, 0.2) is 0 Å². The van der Waals surface area contributed by atoms with Gasteiger partial charge in [-0.1, -0.05) is 200 Å². The Labute approximate surface area is 354 Å². The van der Waals surface area contributed by atoms with Crippen LogP contribution in [0.2, 0.25) is 0 Å². The fourth-order valence-electron chi connectivity index (χ4n) is 12.3. The summed E-state index contributed by atoms with van der Waals surface area (Å²) in [5, 5.41) is 0. The Balaban J connectivity index is 1.00. The lowest BCUT2D eigenvalue weighted by Gasteiger charge is -2.43. The summed E-state index contributed by atoms with van der Waals surface area (Å²) in [5.41, 5.74) is 18.9. The molecule has 6 aromatic carbocycles. The van der Waals surface area contributed by atoms with E-state index in [1.54, 1.807) is 11.1 Å². The fraction of sp³-hybridized carbons (Fsp3) is 0.362. The van der Waals surface area contributed by atoms with Gasteiger partial charge in [0, 0.05) is 17.0 Å². The van der Waals surface area contributed by atoms with Crippen LogP contribution in [0.5, 0.6) is 0 Å². The Morgan fingerprint density at radius 3 is 1.95 bits per heavy atom. The van der Waals surface area contributed by atoms with Crippen molar-refractivity contribution in [3.05, 3.63) is 190 Å². The molecule has 3 aliphatic carbocycles. The van der Waals surface area contributed by atoms with Gasteiger partial charge in [0.05, 0.1) is 6.04 Å². The van der Waals surface area contributed by atoms with Crippen molar-refractivity contribution in [1.29, 1.82) is 0 Å². The third kappa shape index (κ3) is 6.29. The minimum atomic E-state index is 0.129. The highest BCUT2D eigenvalue weighted by Gasteiger charge is 2.66. The van der Waals surface area contributed by atoms with Gasteiger partial charge in [-0.05, 0) is 127 Å². The fourth-order valence-corrected chi connectivity index (χ4v) is 12.3. The van der Waals surface area contributed by atoms with Crippen molar-refractivity contribution in [3.8, 4) is 22.3 Å². The summed E-state index contributed by atoms with van der Waals surface area (Å²) in [6.07, 6.45) is 5.78. The molecule has 1 saturated carbocycles. The van der Waals surface area contributed by atoms with Crippen molar-refractivity contribution >= 4 is 5.71 Å². The molecule has 10 rings (SSSR count). The molecule has 7 atom stereocenters. The Bertz CT molecular complexity index is 2540. The molecule has 7 unspecified atom stereocenters. The van der Waals surface area contributed by atoms with E-state index in [4.69, 9.17) is 4.99 Å². The zero-order chi connectivity index (χ0) is 40.7. The molecule has 0 amide bonds. The Morgan fingerprint density at radius 2 is 1.24 bits per heavy atom. The number of benzene rings is 6. The second kappa shape index (κ2) is 14.3. The first-order chi connectivity index (χ1) is 28.5. The quantitative estimate of drug-likeness (QED) is 0.160. The molecule has 0 aromatic heterocycles. The summed E-state index contributed by atoms with van der Waals surface area (Å²) in [5.74, 6) is 2.22. The van der Waals surface area contributed by atoms with Gasteiger partial charge in [0.1, 0.15) is 0 Å². The van der Waals surface area contributed by atoms with Gasteiger partial charge in [-0.3, -0.25) is 4.99 Å². The maximum atomic E-state index is 5.80. The molecule has 0 saturated heterocycles. The predicted octanol–water partition coefficient (Wildman–Crippen LogP) is 15.0. The van der Waals surface area contributed by atoms with E-state index in [1.165, 1.54) is 74.2 Å². The SMILES string of the molecule is CCC1CC2(c3ccccc3)C(C)C2C(c2ccccc2)=NC1c1ccc(-c2cccc(C3Cc4ccccc4-c4cc5c(cc4C3C)C(C)(C)CCC5(C)C)c2)cc1. The van der Waals surface area contributed by atoms with Crippen LogP contribution in [-0.4, -0.2) is 5.71 Å². The number of hydrogen-bond acceptors (Lipinski definition) is 1. The summed E-state index contributed by atoms with van der Waals surface area (Å²) >= 11 is 0. The van der Waals surface area contributed by atoms with E-state index >= 15 is 0 Å². The van der Waals surface area contributed by atoms with Crippen LogP contribution in [0.1, 0.15) is 137 Å². The van der Waals surface area contributed by atoms with Gasteiger partial charge >= 0.3 is 0 Å². The molecule has 0 radical (unpaired) electrons. The second-order valence-electron chi connectivity index (χ2n) is 20.1. The van der Waals surface area contributed by atoms with Crippen LogP contribution >= 0.6 is 0 Å². The molecule has 1 heterocycles. The number of rotatable bonds is 6. The zero-order valence-electron chi connectivity index (χ0n) is 36.3. The molecular formula is C58H61N. The largest absolute Gasteiger partial charge is 0.280 e. The maximum Gasteiger partial charge on any atom is 0.0781 e. The van der Waals surface area contributed by atoms with Gasteiger partial charge in [-0.2, -0.15) is 0 Å². The highest BCUT2D eigenvalue weighted by Crippen LogP contribution is 2.67. The molecule has 59 heavy (non-hydrogen) atoms. The smallest absolute Gasteiger partial charge is 0.0781 e. The minimum Gasteiger partial charge on any atom is -0.280 e. The molecule has 4 aliphatic rings. The van der Waals surface area contributed by atoms with E-state index in [9.17, 15) is 0 Å². The zero-order valence-corrected chi connectivity index (χ0v) is 36.3. The summed E-state index contributed by atoms with van der Waals surface area (Å²) in [4.78, 5) is 5.80. The van der Waals surface area contributed by atoms with Crippen molar-refractivity contribution in [2.75, 3.05) is 0 Å². The summed E-state index contributed by atoms with van der Waals surface area (Å²) in [6, 6.07) is 56.1. The van der Waals surface area contributed by atoms with E-state index in [2.05, 4.69) is 194 Å². The lowest BCUT2D eigenvalue weighted by atomic mass is 9.62. The molecule has 1 nitrogen and oxygen atoms in total. The average Bonchev–Trinajstić information content (AvgIpc) is 3.93. The normalized spacial score (nSPS) is 27.5. The van der Waals surface area contributed by atoms with E-state index in [1.807, 2.05) is 0 Å². The standard InChI is InChI=1S/C58H61N/c1-8-39-36-58(46-23-13-10-14-24-46)38(3)53(58)55(41-18-11-9-12-19-41)59-54(39)42-28-26-40(27-29-42)43-21-17-22-44(32-43)48-33-45-20-15-16-25-47(45)50-35-52-51(34-49(50)37(48)2)56(4,5)30-31-57(52,6)7/h9-29,32,34-35,37-39,48,53-54H,8,30-31,33,36H2,1-7H3. The van der Waals surface area contributed by atoms with Crippen LogP contribution < -0.4 is 0 Å². The van der Waals surface area contributed by atoms with Crippen LogP contribution in [0.25, 0.3) is 22.3 Å². The van der Waals surface area contributed by atoms with Crippen LogP contribution in [0.15, 0.2) is 151 Å². The van der Waals surface area contributed by atoms with Crippen molar-refractivity contribution in [3.63, 3.8) is 0 Å².